The van der Waals surface area contributed by atoms with E-state index in [1.54, 1.807) is 31.1 Å². The van der Waals surface area contributed by atoms with Crippen LogP contribution in [0.2, 0.25) is 10.0 Å². The van der Waals surface area contributed by atoms with Gasteiger partial charge in [0.15, 0.2) is 11.5 Å². The van der Waals surface area contributed by atoms with Crippen molar-refractivity contribution in [1.82, 2.24) is 39.5 Å². The second kappa shape index (κ2) is 34.6. The van der Waals surface area contributed by atoms with E-state index in [0.717, 1.165) is 76.7 Å². The average Bonchev–Trinajstić information content (AvgIpc) is 1.69. The molecule has 6 atom stereocenters. The van der Waals surface area contributed by atoms with Crippen molar-refractivity contribution in [3.63, 3.8) is 0 Å². The summed E-state index contributed by atoms with van der Waals surface area (Å²) in [4.78, 5) is 55.6. The van der Waals surface area contributed by atoms with Gasteiger partial charge in [0, 0.05) is 98.7 Å². The number of aliphatic hydroxyl groups is 1. The van der Waals surface area contributed by atoms with Crippen molar-refractivity contribution >= 4 is 47.3 Å². The number of benzene rings is 2. The third-order valence-electron chi connectivity index (χ3n) is 15.9. The molecule has 6 heterocycles. The van der Waals surface area contributed by atoms with Gasteiger partial charge in [0.25, 0.3) is 0 Å². The van der Waals surface area contributed by atoms with Crippen molar-refractivity contribution < 1.29 is 69.8 Å². The number of piperidine rings is 2. The van der Waals surface area contributed by atoms with Crippen molar-refractivity contribution in [2.24, 2.45) is 0 Å². The number of carbonyl (C=O) groups excluding carboxylic acids is 2. The van der Waals surface area contributed by atoms with Crippen LogP contribution in [-0.2, 0) is 44.4 Å². The molecule has 2 aromatic carbocycles. The van der Waals surface area contributed by atoms with E-state index in [9.17, 15) is 41.0 Å². The number of amides is 2. The summed E-state index contributed by atoms with van der Waals surface area (Å²) in [5.41, 5.74) is -0.897. The lowest BCUT2D eigenvalue weighted by Gasteiger charge is -2.47. The Balaban J connectivity index is 0.000000252. The van der Waals surface area contributed by atoms with Gasteiger partial charge in [-0.3, -0.25) is 9.80 Å². The minimum Gasteiger partial charge on any atom is -0.505 e. The predicted molar refractivity (Wildman–Crippen MR) is 327 cm³/mol. The molecular weight excluding hydrogens is 1210 g/mol. The summed E-state index contributed by atoms with van der Waals surface area (Å²) >= 11 is 12.2. The first-order valence-electron chi connectivity index (χ1n) is 30.8. The van der Waals surface area contributed by atoms with Crippen molar-refractivity contribution in [3.05, 3.63) is 93.5 Å². The molecule has 4 saturated heterocycles. The number of anilines is 2. The average molecular weight is 1300 g/mol. The number of aromatic nitrogens is 4. The first-order valence-corrected chi connectivity index (χ1v) is 31.5. The first-order chi connectivity index (χ1) is 42.3. The molecule has 19 nitrogen and oxygen atoms in total. The number of alkyl halides is 6. The number of rotatable bonds is 20. The van der Waals surface area contributed by atoms with E-state index < -0.39 is 23.5 Å². The summed E-state index contributed by atoms with van der Waals surface area (Å²) in [5, 5.41) is 18.2. The molecule has 2 unspecified atom stereocenters. The quantitative estimate of drug-likeness (QED) is 0.0793. The number of aromatic hydroxyl groups is 1. The number of β-amino-alcohol motifs (C(OH)–C–C–N with tert-alkyl or cyclic N) is 1. The second-order valence-corrected chi connectivity index (χ2v) is 23.9. The monoisotopic (exact) mass is 1300 g/mol. The number of nitrogens with zero attached hydrogens (tertiary/aromatic N) is 10. The van der Waals surface area contributed by atoms with E-state index in [1.807, 2.05) is 56.2 Å². The summed E-state index contributed by atoms with van der Waals surface area (Å²) in [7, 11) is 0. The van der Waals surface area contributed by atoms with Gasteiger partial charge >= 0.3 is 24.5 Å². The summed E-state index contributed by atoms with van der Waals surface area (Å²) < 4.78 is 109. The zero-order chi connectivity index (χ0) is 65.0. The number of likely N-dealkylation sites (tertiary alicyclic amines) is 2. The maximum Gasteiger partial charge on any atom is 0.416 e. The van der Waals surface area contributed by atoms with E-state index in [-0.39, 0.29) is 102 Å². The molecule has 27 heteroatoms. The van der Waals surface area contributed by atoms with Crippen LogP contribution in [0.15, 0.2) is 61.2 Å². The zero-order valence-corrected chi connectivity index (χ0v) is 53.7. The Morgan fingerprint density at radius 2 is 0.955 bits per heavy atom. The summed E-state index contributed by atoms with van der Waals surface area (Å²) in [6.45, 7) is 24.4. The predicted octanol–water partition coefficient (Wildman–Crippen LogP) is 12.2. The Morgan fingerprint density at radius 3 is 1.29 bits per heavy atom. The van der Waals surface area contributed by atoms with Crippen LogP contribution in [0.3, 0.4) is 0 Å². The van der Waals surface area contributed by atoms with E-state index in [4.69, 9.17) is 52.0 Å². The lowest BCUT2D eigenvalue weighted by Crippen LogP contribution is -2.57. The molecule has 0 bridgehead atoms. The fourth-order valence-electron chi connectivity index (χ4n) is 11.6. The highest BCUT2D eigenvalue weighted by Gasteiger charge is 2.43. The maximum atomic E-state index is 13.7. The molecule has 496 valence electrons. The molecule has 0 spiro atoms. The Bertz CT molecular complexity index is 2760. The third kappa shape index (κ3) is 22.0. The van der Waals surface area contributed by atoms with Gasteiger partial charge in [0.2, 0.25) is 11.9 Å². The van der Waals surface area contributed by atoms with Gasteiger partial charge in [-0.05, 0) is 127 Å². The number of hydrogen-bond acceptors (Lipinski definition) is 17. The number of morpholine rings is 2. The highest BCUT2D eigenvalue weighted by atomic mass is 35.5. The van der Waals surface area contributed by atoms with Gasteiger partial charge in [-0.2, -0.15) is 26.3 Å². The van der Waals surface area contributed by atoms with E-state index in [2.05, 4.69) is 29.7 Å². The Hall–Kier alpha value is -5.70. The number of ether oxygens (including phenoxy) is 5. The topological polar surface area (TPSA) is 192 Å². The van der Waals surface area contributed by atoms with Crippen LogP contribution in [0.5, 0.6) is 11.5 Å². The molecule has 2 amide bonds. The van der Waals surface area contributed by atoms with E-state index in [0.29, 0.717) is 94.0 Å². The van der Waals surface area contributed by atoms with Crippen LogP contribution in [0, 0.1) is 0 Å². The first kappa shape index (κ1) is 72.4. The molecule has 4 aliphatic rings. The van der Waals surface area contributed by atoms with Gasteiger partial charge < -0.3 is 53.5 Å². The van der Waals surface area contributed by atoms with Crippen LogP contribution in [0.1, 0.15) is 129 Å². The van der Waals surface area contributed by atoms with Crippen LogP contribution >= 0.6 is 23.2 Å². The Kier molecular flexibility index (Phi) is 28.2. The summed E-state index contributed by atoms with van der Waals surface area (Å²) in [5.74, 6) is 1.03. The van der Waals surface area contributed by atoms with Crippen molar-refractivity contribution in [3.8, 4) is 11.5 Å². The van der Waals surface area contributed by atoms with Gasteiger partial charge in [-0.1, -0.05) is 50.9 Å². The van der Waals surface area contributed by atoms with Gasteiger partial charge in [0.05, 0.1) is 81.2 Å². The van der Waals surface area contributed by atoms with E-state index in [1.165, 1.54) is 24.5 Å². The third-order valence-corrected chi connectivity index (χ3v) is 16.4. The van der Waals surface area contributed by atoms with Gasteiger partial charge in [-0.25, -0.2) is 29.5 Å². The largest absolute Gasteiger partial charge is 0.505 e. The van der Waals surface area contributed by atoms with E-state index >= 15 is 0 Å². The normalized spacial score (nSPS) is 21.1. The molecule has 0 saturated carbocycles. The smallest absolute Gasteiger partial charge is 0.416 e. The molecule has 2 aromatic heterocycles. The van der Waals surface area contributed by atoms with Crippen LogP contribution < -0.4 is 14.5 Å². The molecule has 2 N–H and O–H groups in total. The van der Waals surface area contributed by atoms with Crippen molar-refractivity contribution in [2.75, 3.05) is 88.7 Å². The SMILES string of the molecule is CC[C@@H]1CC(N(Cc2cc(Cl)cc(C(F)(F)F)c2)c2ncc(O)cn2)C[C@H](CC)N1C(=O)OC(C)C.CC[C@@H]1CC(N(Cc2cc(Cl)cc(C(F)(F)F)c2)c2ncc(OCCN3CCOCC3)cn2)C[C@H](CC)N1C(=O)OC(C)C.OCCN1CCOCC1. The Labute approximate surface area is 528 Å². The van der Waals surface area contributed by atoms with Crippen molar-refractivity contribution in [2.45, 2.75) is 181 Å². The molecule has 4 fully saturated rings. The fraction of sp³-hybridized carbons (Fsp3) is 0.645. The maximum absolute atomic E-state index is 13.7. The van der Waals surface area contributed by atoms with Gasteiger partial charge in [-0.15, -0.1) is 0 Å². The molecule has 4 aromatic rings. The lowest BCUT2D eigenvalue weighted by atomic mass is 9.87. The summed E-state index contributed by atoms with van der Waals surface area (Å²) in [6, 6.07) is 6.18. The minimum absolute atomic E-state index is 0.00355. The highest BCUT2D eigenvalue weighted by molar-refractivity contribution is 6.31. The van der Waals surface area contributed by atoms with Crippen LogP contribution in [0.25, 0.3) is 0 Å². The van der Waals surface area contributed by atoms with Crippen LogP contribution in [-0.4, -0.2) is 189 Å². The fourth-order valence-corrected chi connectivity index (χ4v) is 12.1. The number of carbonyl (C=O) groups is 2. The van der Waals surface area contributed by atoms with Crippen molar-refractivity contribution in [1.29, 1.82) is 0 Å². The molecular formula is C62H88Cl2F6N10O9. The van der Waals surface area contributed by atoms with Crippen LogP contribution in [0.4, 0.5) is 47.8 Å². The standard InChI is InChI=1S/C31H43ClF3N5O4.C25H32ClF3N4O3.C6H13NO2/c1-5-25-16-27(17-26(6-2)40(25)30(41)44-21(3)4)39(20-22-13-23(31(33,34)35)15-24(32)14-22)29-36-18-28(19-37-29)43-12-9-38-7-10-42-11-8-38;1-5-19-10-21(11-20(6-2)33(19)24(35)36-15(3)4)32(23-30-12-22(34)13-31-23)14-16-7-17(25(27,28)29)9-18(26)8-16;8-4-1-7-2-5-9-6-3-7/h13-15,18-19,21,25-27H,5-12,16-17,20H2,1-4H3;7-9,12-13,15,19-21,34H,5-6,10-11,14H2,1-4H3;8H,1-6H2/t25-,26+,27?;19-,20+,21?;. The number of hydrogen-bond donors (Lipinski definition) is 2. The molecule has 8 rings (SSSR count). The molecule has 4 aliphatic heterocycles. The summed E-state index contributed by atoms with van der Waals surface area (Å²) in [6.07, 6.45) is 0.411. The molecule has 89 heavy (non-hydrogen) atoms. The highest BCUT2D eigenvalue weighted by Crippen LogP contribution is 2.39. The van der Waals surface area contributed by atoms with Gasteiger partial charge in [0.1, 0.15) is 6.61 Å². The Morgan fingerprint density at radius 1 is 0.596 bits per heavy atom. The molecule has 0 radical (unpaired) electrons. The second-order valence-electron chi connectivity index (χ2n) is 23.1. The zero-order valence-electron chi connectivity index (χ0n) is 52.2. The number of halogens is 8. The molecule has 0 aliphatic carbocycles. The minimum atomic E-state index is -4.54. The number of aliphatic hydroxyl groups excluding tert-OH is 1. The lowest BCUT2D eigenvalue weighted by molar-refractivity contribution is -0.138.